The van der Waals surface area contributed by atoms with Gasteiger partial charge >= 0.3 is 0 Å². The second-order valence-corrected chi connectivity index (χ2v) is 5.98. The zero-order chi connectivity index (χ0) is 18.4. The van der Waals surface area contributed by atoms with Crippen molar-refractivity contribution >= 4 is 21.7 Å². The number of rotatable bonds is 8. The maximum Gasteiger partial charge on any atom is 0.287 e. The molecule has 2 aromatic rings. The van der Waals surface area contributed by atoms with Gasteiger partial charge in [-0.15, -0.1) is 0 Å². The lowest BCUT2D eigenvalue weighted by atomic mass is 10.2. The van der Waals surface area contributed by atoms with Gasteiger partial charge in [0, 0.05) is 12.1 Å². The lowest BCUT2D eigenvalue weighted by Gasteiger charge is -2.04. The summed E-state index contributed by atoms with van der Waals surface area (Å²) in [6.45, 7) is -0.260. The van der Waals surface area contributed by atoms with Crippen molar-refractivity contribution in [2.75, 3.05) is 13.2 Å². The Hall–Kier alpha value is -2.64. The highest BCUT2D eigenvalue weighted by molar-refractivity contribution is 7.87. The fraction of sp³-hybridized carbons (Fsp3) is 0.250. The number of benzene rings is 1. The van der Waals surface area contributed by atoms with E-state index in [1.807, 2.05) is 4.72 Å². The van der Waals surface area contributed by atoms with E-state index in [1.165, 1.54) is 24.3 Å². The van der Waals surface area contributed by atoms with Gasteiger partial charge in [0.05, 0.1) is 5.69 Å². The summed E-state index contributed by atoms with van der Waals surface area (Å²) in [6, 6.07) is 5.31. The predicted octanol–water partition coefficient (Wildman–Crippen LogP) is 0.216. The molecule has 136 valence electrons. The lowest BCUT2D eigenvalue weighted by molar-refractivity contribution is 0.151. The number of amidine groups is 1. The highest BCUT2D eigenvalue weighted by atomic mass is 32.2. The van der Waals surface area contributed by atoms with Gasteiger partial charge in [-0.25, -0.2) is 23.5 Å². The highest BCUT2D eigenvalue weighted by Crippen LogP contribution is 2.24. The minimum Gasteiger partial charge on any atom is -0.472 e. The molecule has 0 aliphatic carbocycles. The molecule has 0 saturated heterocycles. The number of halogens is 2. The van der Waals surface area contributed by atoms with E-state index in [2.05, 4.69) is 19.9 Å². The number of nitrogens with zero attached hydrogens (tertiary/aromatic N) is 3. The minimum atomic E-state index is -3.84. The van der Waals surface area contributed by atoms with Crippen LogP contribution in [-0.4, -0.2) is 37.7 Å². The standard InChI is InChI=1S/C12H14F2N6O4S/c13-10(14)7-2-1-3-8(6-7)18-11(15)9-12(20-24-19-9)23-5-4-17-25(16,21)22/h1-3,6,10,17H,4-5H2,(H2,15,18)(H2,16,21,22). The Kier molecular flexibility index (Phi) is 5.95. The number of hydrogen-bond acceptors (Lipinski definition) is 7. The van der Waals surface area contributed by atoms with Gasteiger partial charge < -0.3 is 10.5 Å². The Morgan fingerprint density at radius 3 is 2.84 bits per heavy atom. The van der Waals surface area contributed by atoms with E-state index in [-0.39, 0.29) is 41.8 Å². The molecular formula is C12H14F2N6O4S. The molecule has 0 aliphatic rings. The summed E-state index contributed by atoms with van der Waals surface area (Å²) in [5.41, 5.74) is 5.67. The third-order valence-corrected chi connectivity index (χ3v) is 3.32. The molecule has 0 fully saturated rings. The molecule has 13 heteroatoms. The van der Waals surface area contributed by atoms with E-state index in [0.717, 1.165) is 0 Å². The third-order valence-electron chi connectivity index (χ3n) is 2.72. The van der Waals surface area contributed by atoms with E-state index in [9.17, 15) is 17.2 Å². The van der Waals surface area contributed by atoms with E-state index >= 15 is 0 Å². The zero-order valence-corrected chi connectivity index (χ0v) is 13.4. The second-order valence-electron chi connectivity index (χ2n) is 4.60. The number of alkyl halides is 2. The number of aromatic nitrogens is 2. The van der Waals surface area contributed by atoms with Crippen LogP contribution in [0.1, 0.15) is 17.7 Å². The predicted molar refractivity (Wildman–Crippen MR) is 82.7 cm³/mol. The number of hydrogen-bond donors (Lipinski definition) is 3. The molecule has 0 atom stereocenters. The Labute approximate surface area is 141 Å². The molecule has 1 aromatic carbocycles. The molecule has 0 saturated carbocycles. The quantitative estimate of drug-likeness (QED) is 0.337. The van der Waals surface area contributed by atoms with E-state index in [1.54, 1.807) is 0 Å². The molecule has 1 aromatic heterocycles. The van der Waals surface area contributed by atoms with Gasteiger partial charge in [0.1, 0.15) is 6.61 Å². The Balaban J connectivity index is 2.08. The van der Waals surface area contributed by atoms with Crippen molar-refractivity contribution in [2.45, 2.75) is 6.43 Å². The SMILES string of the molecule is NC(=Nc1cccc(C(F)F)c1)c1nonc1OCCNS(N)(=O)=O. The topological polar surface area (TPSA) is 159 Å². The van der Waals surface area contributed by atoms with Gasteiger partial charge in [-0.2, -0.15) is 13.1 Å². The van der Waals surface area contributed by atoms with Gasteiger partial charge in [0.2, 0.25) is 5.69 Å². The summed E-state index contributed by atoms with van der Waals surface area (Å²) in [6.07, 6.45) is -2.64. The van der Waals surface area contributed by atoms with Crippen LogP contribution in [0.25, 0.3) is 0 Å². The molecule has 10 nitrogen and oxygen atoms in total. The first-order chi connectivity index (χ1) is 11.8. The molecule has 0 unspecified atom stereocenters. The number of nitrogens with one attached hydrogen (secondary N) is 1. The summed E-state index contributed by atoms with van der Waals surface area (Å²) >= 11 is 0. The summed E-state index contributed by atoms with van der Waals surface area (Å²) < 4.78 is 58.5. The third kappa shape index (κ3) is 5.74. The van der Waals surface area contributed by atoms with Crippen LogP contribution in [0.3, 0.4) is 0 Å². The Morgan fingerprint density at radius 2 is 2.16 bits per heavy atom. The fourth-order valence-electron chi connectivity index (χ4n) is 1.69. The largest absolute Gasteiger partial charge is 0.472 e. The molecular weight excluding hydrogens is 362 g/mol. The van der Waals surface area contributed by atoms with Crippen LogP contribution in [0.4, 0.5) is 14.5 Å². The van der Waals surface area contributed by atoms with Crippen LogP contribution >= 0.6 is 0 Å². The van der Waals surface area contributed by atoms with Crippen molar-refractivity contribution < 1.29 is 26.6 Å². The number of nitrogens with two attached hydrogens (primary N) is 2. The smallest absolute Gasteiger partial charge is 0.287 e. The average Bonchev–Trinajstić information content (AvgIpc) is 2.99. The van der Waals surface area contributed by atoms with E-state index < -0.39 is 16.6 Å². The van der Waals surface area contributed by atoms with Crippen LogP contribution in [0.15, 0.2) is 33.9 Å². The maximum atomic E-state index is 12.7. The minimum absolute atomic E-state index is 0.0574. The van der Waals surface area contributed by atoms with Crippen molar-refractivity contribution in [3.63, 3.8) is 0 Å². The molecule has 0 bridgehead atoms. The van der Waals surface area contributed by atoms with E-state index in [0.29, 0.717) is 0 Å². The molecule has 0 spiro atoms. The van der Waals surface area contributed by atoms with Crippen LogP contribution in [0, 0.1) is 0 Å². The monoisotopic (exact) mass is 376 g/mol. The van der Waals surface area contributed by atoms with Gasteiger partial charge in [0.25, 0.3) is 22.5 Å². The van der Waals surface area contributed by atoms with Crippen molar-refractivity contribution in [1.82, 2.24) is 15.0 Å². The van der Waals surface area contributed by atoms with Crippen molar-refractivity contribution in [1.29, 1.82) is 0 Å². The summed E-state index contributed by atoms with van der Waals surface area (Å²) in [5.74, 6) is -0.315. The Morgan fingerprint density at radius 1 is 1.40 bits per heavy atom. The molecule has 5 N–H and O–H groups in total. The van der Waals surface area contributed by atoms with Crippen molar-refractivity contribution in [3.05, 3.63) is 35.5 Å². The average molecular weight is 376 g/mol. The van der Waals surface area contributed by atoms with Gasteiger partial charge in [-0.05, 0) is 22.4 Å². The highest BCUT2D eigenvalue weighted by Gasteiger charge is 2.16. The molecule has 1 heterocycles. The second kappa shape index (κ2) is 7.96. The fourth-order valence-corrected chi connectivity index (χ4v) is 2.05. The van der Waals surface area contributed by atoms with Gasteiger partial charge in [0.15, 0.2) is 5.84 Å². The van der Waals surface area contributed by atoms with Gasteiger partial charge in [-0.3, -0.25) is 0 Å². The van der Waals surface area contributed by atoms with E-state index in [4.69, 9.17) is 15.6 Å². The normalized spacial score (nSPS) is 12.6. The van der Waals surface area contributed by atoms with Crippen molar-refractivity contribution in [2.24, 2.45) is 15.9 Å². The summed E-state index contributed by atoms with van der Waals surface area (Å²) in [4.78, 5) is 3.96. The first kappa shape index (κ1) is 18.7. The molecule has 2 rings (SSSR count). The summed E-state index contributed by atoms with van der Waals surface area (Å²) in [7, 11) is -3.84. The Bertz CT molecular complexity index is 855. The van der Waals surface area contributed by atoms with Crippen molar-refractivity contribution in [3.8, 4) is 5.88 Å². The van der Waals surface area contributed by atoms with Gasteiger partial charge in [-0.1, -0.05) is 12.1 Å². The molecule has 0 aliphatic heterocycles. The molecule has 25 heavy (non-hydrogen) atoms. The first-order valence-electron chi connectivity index (χ1n) is 6.71. The molecule has 0 amide bonds. The number of aliphatic imine (C=N–C) groups is 1. The van der Waals surface area contributed by atoms with Crippen LogP contribution in [0.5, 0.6) is 5.88 Å². The first-order valence-corrected chi connectivity index (χ1v) is 8.26. The molecule has 0 radical (unpaired) electrons. The lowest BCUT2D eigenvalue weighted by Crippen LogP contribution is -2.34. The maximum absolute atomic E-state index is 12.7. The van der Waals surface area contributed by atoms with Crippen LogP contribution < -0.4 is 20.3 Å². The van der Waals surface area contributed by atoms with Crippen LogP contribution in [0.2, 0.25) is 0 Å². The van der Waals surface area contributed by atoms with Crippen LogP contribution in [-0.2, 0) is 10.2 Å². The number of ether oxygens (including phenoxy) is 1. The zero-order valence-electron chi connectivity index (χ0n) is 12.6. The summed E-state index contributed by atoms with van der Waals surface area (Å²) in [5, 5.41) is 11.7.